The average Bonchev–Trinajstić information content (AvgIpc) is 3.08. The zero-order valence-electron chi connectivity index (χ0n) is 12.8. The van der Waals surface area contributed by atoms with E-state index in [0.717, 1.165) is 19.5 Å². The molecule has 1 aromatic heterocycles. The van der Waals surface area contributed by atoms with E-state index >= 15 is 0 Å². The molecule has 0 aliphatic heterocycles. The van der Waals surface area contributed by atoms with Crippen LogP contribution in [0.15, 0.2) is 49.1 Å². The van der Waals surface area contributed by atoms with Gasteiger partial charge in [0, 0.05) is 36.9 Å². The van der Waals surface area contributed by atoms with E-state index in [-0.39, 0.29) is 0 Å². The number of nitrogens with one attached hydrogen (secondary N) is 1. The van der Waals surface area contributed by atoms with Crippen LogP contribution in [0.3, 0.4) is 0 Å². The molecule has 1 aromatic carbocycles. The molecule has 3 heteroatoms. The summed E-state index contributed by atoms with van der Waals surface area (Å²) >= 11 is 0. The van der Waals surface area contributed by atoms with Gasteiger partial charge in [0.15, 0.2) is 0 Å². The first kappa shape index (κ1) is 14.3. The maximum Gasteiger partial charge on any atom is 0.0946 e. The number of benzene rings is 1. The lowest BCUT2D eigenvalue weighted by molar-refractivity contribution is 0.365. The Morgan fingerprint density at radius 1 is 1.29 bits per heavy atom. The largest absolute Gasteiger partial charge is 0.337 e. The van der Waals surface area contributed by atoms with E-state index in [4.69, 9.17) is 0 Å². The average molecular weight is 283 g/mol. The van der Waals surface area contributed by atoms with Crippen molar-refractivity contribution >= 4 is 0 Å². The van der Waals surface area contributed by atoms with E-state index in [1.54, 1.807) is 0 Å². The molecule has 0 spiro atoms. The van der Waals surface area contributed by atoms with Crippen molar-refractivity contribution in [3.05, 3.63) is 54.6 Å². The smallest absolute Gasteiger partial charge is 0.0946 e. The lowest BCUT2D eigenvalue weighted by atomic mass is 10.0. The monoisotopic (exact) mass is 283 g/mol. The van der Waals surface area contributed by atoms with Gasteiger partial charge in [-0.1, -0.05) is 30.3 Å². The number of nitrogens with zero attached hydrogens (tertiary/aromatic N) is 2. The van der Waals surface area contributed by atoms with Gasteiger partial charge in [-0.3, -0.25) is 0 Å². The molecule has 1 heterocycles. The molecule has 1 aliphatic rings. The Balaban J connectivity index is 1.40. The molecule has 1 aliphatic carbocycles. The van der Waals surface area contributed by atoms with Gasteiger partial charge in [0.1, 0.15) is 0 Å². The third-order valence-electron chi connectivity index (χ3n) is 4.57. The molecule has 1 saturated carbocycles. The van der Waals surface area contributed by atoms with Crippen molar-refractivity contribution < 1.29 is 0 Å². The van der Waals surface area contributed by atoms with Gasteiger partial charge >= 0.3 is 0 Å². The number of rotatable bonds is 8. The zero-order chi connectivity index (χ0) is 14.5. The fourth-order valence-electron chi connectivity index (χ4n) is 2.86. The van der Waals surface area contributed by atoms with Crippen LogP contribution in [0.1, 0.15) is 31.7 Å². The molecule has 0 saturated heterocycles. The predicted octanol–water partition coefficient (Wildman–Crippen LogP) is 3.27. The van der Waals surface area contributed by atoms with Crippen LogP contribution in [0, 0.1) is 5.41 Å². The van der Waals surface area contributed by atoms with E-state index in [1.165, 1.54) is 24.8 Å². The van der Waals surface area contributed by atoms with E-state index in [2.05, 4.69) is 58.3 Å². The zero-order valence-corrected chi connectivity index (χ0v) is 12.8. The van der Waals surface area contributed by atoms with Gasteiger partial charge in [-0.2, -0.15) is 0 Å². The first-order valence-corrected chi connectivity index (χ1v) is 7.99. The molecule has 3 nitrogen and oxygen atoms in total. The van der Waals surface area contributed by atoms with Gasteiger partial charge in [0.05, 0.1) is 6.33 Å². The van der Waals surface area contributed by atoms with Crippen molar-refractivity contribution in [1.29, 1.82) is 0 Å². The third-order valence-corrected chi connectivity index (χ3v) is 4.57. The maximum absolute atomic E-state index is 4.13. The summed E-state index contributed by atoms with van der Waals surface area (Å²) in [7, 11) is 0. The highest BCUT2D eigenvalue weighted by atomic mass is 15.0. The molecule has 3 rings (SSSR count). The van der Waals surface area contributed by atoms with Crippen LogP contribution in [0.4, 0.5) is 0 Å². The minimum Gasteiger partial charge on any atom is -0.337 e. The Hall–Kier alpha value is -1.61. The fourth-order valence-corrected chi connectivity index (χ4v) is 2.86. The number of hydrogen-bond donors (Lipinski definition) is 1. The SMILES string of the molecule is C[C@@H](CCc1ccccc1)NCC1(Cn2ccnc2)CC1. The van der Waals surface area contributed by atoms with Crippen molar-refractivity contribution in [2.45, 2.75) is 45.2 Å². The molecule has 21 heavy (non-hydrogen) atoms. The summed E-state index contributed by atoms with van der Waals surface area (Å²) in [4.78, 5) is 4.13. The lowest BCUT2D eigenvalue weighted by Gasteiger charge is -2.20. The molecule has 0 amide bonds. The summed E-state index contributed by atoms with van der Waals surface area (Å²) < 4.78 is 2.21. The van der Waals surface area contributed by atoms with Crippen LogP contribution < -0.4 is 5.32 Å². The van der Waals surface area contributed by atoms with E-state index in [1.807, 2.05) is 12.5 Å². The maximum atomic E-state index is 4.13. The molecule has 0 unspecified atom stereocenters. The second-order valence-corrected chi connectivity index (χ2v) is 6.54. The lowest BCUT2D eigenvalue weighted by Crippen LogP contribution is -2.34. The quantitative estimate of drug-likeness (QED) is 0.806. The summed E-state index contributed by atoms with van der Waals surface area (Å²) in [5.41, 5.74) is 1.91. The van der Waals surface area contributed by atoms with Crippen molar-refractivity contribution in [2.75, 3.05) is 6.54 Å². The molecule has 0 bridgehead atoms. The predicted molar refractivity (Wildman–Crippen MR) is 86.1 cm³/mol. The van der Waals surface area contributed by atoms with E-state index < -0.39 is 0 Å². The third kappa shape index (κ3) is 4.18. The number of imidazole rings is 1. The topological polar surface area (TPSA) is 29.9 Å². The molecule has 1 fully saturated rings. The van der Waals surface area contributed by atoms with Crippen LogP contribution in [-0.2, 0) is 13.0 Å². The van der Waals surface area contributed by atoms with Crippen LogP contribution >= 0.6 is 0 Å². The van der Waals surface area contributed by atoms with Crippen LogP contribution in [0.25, 0.3) is 0 Å². The second-order valence-electron chi connectivity index (χ2n) is 6.54. The highest BCUT2D eigenvalue weighted by Gasteiger charge is 2.42. The Kier molecular flexibility index (Phi) is 4.39. The Bertz CT molecular complexity index is 529. The molecular weight excluding hydrogens is 258 g/mol. The van der Waals surface area contributed by atoms with E-state index in [9.17, 15) is 0 Å². The summed E-state index contributed by atoms with van der Waals surface area (Å²) in [6.45, 7) is 4.53. The molecule has 112 valence electrons. The number of hydrogen-bond acceptors (Lipinski definition) is 2. The van der Waals surface area contributed by atoms with Crippen LogP contribution in [0.5, 0.6) is 0 Å². The van der Waals surface area contributed by atoms with Crippen LogP contribution in [-0.4, -0.2) is 22.1 Å². The second kappa shape index (κ2) is 6.44. The summed E-state index contributed by atoms with van der Waals surface area (Å²) in [6.07, 6.45) is 10.9. The number of aryl methyl sites for hydroxylation is 1. The van der Waals surface area contributed by atoms with Crippen molar-refractivity contribution in [3.8, 4) is 0 Å². The van der Waals surface area contributed by atoms with Crippen molar-refractivity contribution in [1.82, 2.24) is 14.9 Å². The summed E-state index contributed by atoms with van der Waals surface area (Å²) in [5.74, 6) is 0. The first-order valence-electron chi connectivity index (χ1n) is 7.99. The van der Waals surface area contributed by atoms with Gasteiger partial charge < -0.3 is 9.88 Å². The summed E-state index contributed by atoms with van der Waals surface area (Å²) in [6, 6.07) is 11.3. The number of aromatic nitrogens is 2. The van der Waals surface area contributed by atoms with Gasteiger partial charge in [0.25, 0.3) is 0 Å². The van der Waals surface area contributed by atoms with Gasteiger partial charge in [0.2, 0.25) is 0 Å². The normalized spacial score (nSPS) is 17.6. The van der Waals surface area contributed by atoms with E-state index in [0.29, 0.717) is 11.5 Å². The Labute approximate surface area is 127 Å². The fraction of sp³-hybridized carbons (Fsp3) is 0.500. The highest BCUT2D eigenvalue weighted by molar-refractivity contribution is 5.14. The molecule has 1 atom stereocenters. The summed E-state index contributed by atoms with van der Waals surface area (Å²) in [5, 5.41) is 3.73. The first-order chi connectivity index (χ1) is 10.3. The van der Waals surface area contributed by atoms with Gasteiger partial charge in [-0.25, -0.2) is 4.98 Å². The molecular formula is C18H25N3. The van der Waals surface area contributed by atoms with Gasteiger partial charge in [-0.15, -0.1) is 0 Å². The van der Waals surface area contributed by atoms with Gasteiger partial charge in [-0.05, 0) is 38.2 Å². The minimum absolute atomic E-state index is 0.474. The minimum atomic E-state index is 0.474. The van der Waals surface area contributed by atoms with Crippen molar-refractivity contribution in [2.24, 2.45) is 5.41 Å². The van der Waals surface area contributed by atoms with Crippen LogP contribution in [0.2, 0.25) is 0 Å². The Morgan fingerprint density at radius 3 is 2.76 bits per heavy atom. The molecule has 1 N–H and O–H groups in total. The molecule has 0 radical (unpaired) electrons. The highest BCUT2D eigenvalue weighted by Crippen LogP contribution is 2.46. The Morgan fingerprint density at radius 2 is 2.10 bits per heavy atom. The molecule has 2 aromatic rings. The van der Waals surface area contributed by atoms with Crippen molar-refractivity contribution in [3.63, 3.8) is 0 Å². The standard InChI is InChI=1S/C18H25N3/c1-16(7-8-17-5-3-2-4-6-17)20-13-18(9-10-18)14-21-12-11-19-15-21/h2-6,11-12,15-16,20H,7-10,13-14H2,1H3/t16-/m0/s1.